The van der Waals surface area contributed by atoms with E-state index in [-0.39, 0.29) is 5.91 Å². The number of anilines is 1. The smallest absolute Gasteiger partial charge is 0.319 e. The van der Waals surface area contributed by atoms with Crippen LogP contribution in [0, 0.1) is 0 Å². The first-order valence-corrected chi connectivity index (χ1v) is 4.96. The number of nitrogens with one attached hydrogen (secondary N) is 3. The van der Waals surface area contributed by atoms with Crippen LogP contribution in [0.3, 0.4) is 0 Å². The van der Waals surface area contributed by atoms with Gasteiger partial charge >= 0.3 is 6.03 Å². The second-order valence-electron chi connectivity index (χ2n) is 2.98. The summed E-state index contributed by atoms with van der Waals surface area (Å²) in [6.07, 6.45) is 0. The van der Waals surface area contributed by atoms with Gasteiger partial charge in [0.15, 0.2) is 0 Å². The summed E-state index contributed by atoms with van der Waals surface area (Å²) in [5, 5.41) is 7.77. The van der Waals surface area contributed by atoms with E-state index in [1.54, 1.807) is 12.1 Å². The molecule has 1 aromatic rings. The Labute approximate surface area is 98.2 Å². The zero-order chi connectivity index (χ0) is 12.1. The molecule has 0 aliphatic heterocycles. The standard InChI is InChI=1S/C10H12ClN3O2/c1-12-9(15)6-3-4-7(11)8(5-6)14-10(16)13-2/h3-5H,1-2H3,(H,12,15)(H2,13,14,16). The van der Waals surface area contributed by atoms with Crippen molar-refractivity contribution < 1.29 is 9.59 Å². The third-order valence-electron chi connectivity index (χ3n) is 1.93. The Bertz CT molecular complexity index is 421. The molecule has 3 N–H and O–H groups in total. The highest BCUT2D eigenvalue weighted by atomic mass is 35.5. The monoisotopic (exact) mass is 241 g/mol. The molecule has 6 heteroatoms. The predicted molar refractivity (Wildman–Crippen MR) is 62.9 cm³/mol. The molecule has 0 aromatic heterocycles. The van der Waals surface area contributed by atoms with Gasteiger partial charge in [0.2, 0.25) is 0 Å². The van der Waals surface area contributed by atoms with Crippen LogP contribution in [-0.2, 0) is 0 Å². The molecule has 0 bridgehead atoms. The fourth-order valence-electron chi connectivity index (χ4n) is 1.09. The Morgan fingerprint density at radius 2 is 1.88 bits per heavy atom. The number of benzene rings is 1. The Morgan fingerprint density at radius 3 is 2.44 bits per heavy atom. The van der Waals surface area contributed by atoms with Crippen LogP contribution < -0.4 is 16.0 Å². The lowest BCUT2D eigenvalue weighted by atomic mass is 10.2. The van der Waals surface area contributed by atoms with Gasteiger partial charge in [-0.15, -0.1) is 0 Å². The van der Waals surface area contributed by atoms with Crippen molar-refractivity contribution in [1.82, 2.24) is 10.6 Å². The molecule has 16 heavy (non-hydrogen) atoms. The number of carbonyl (C=O) groups excluding carboxylic acids is 2. The fourth-order valence-corrected chi connectivity index (χ4v) is 1.26. The molecular formula is C10H12ClN3O2. The molecule has 0 aliphatic rings. The first-order chi connectivity index (χ1) is 7.58. The van der Waals surface area contributed by atoms with E-state index in [1.165, 1.54) is 20.2 Å². The molecular weight excluding hydrogens is 230 g/mol. The van der Waals surface area contributed by atoms with Gasteiger partial charge in [-0.25, -0.2) is 4.79 Å². The van der Waals surface area contributed by atoms with Crippen LogP contribution in [0.1, 0.15) is 10.4 Å². The van der Waals surface area contributed by atoms with E-state index in [2.05, 4.69) is 16.0 Å². The highest BCUT2D eigenvalue weighted by Gasteiger charge is 2.08. The molecule has 0 saturated heterocycles. The highest BCUT2D eigenvalue weighted by Crippen LogP contribution is 2.22. The van der Waals surface area contributed by atoms with E-state index in [0.717, 1.165) is 0 Å². The summed E-state index contributed by atoms with van der Waals surface area (Å²) in [5.41, 5.74) is 0.820. The molecule has 0 spiro atoms. The molecule has 1 aromatic carbocycles. The second-order valence-corrected chi connectivity index (χ2v) is 3.39. The van der Waals surface area contributed by atoms with Gasteiger partial charge in [0.1, 0.15) is 0 Å². The normalized spacial score (nSPS) is 9.44. The summed E-state index contributed by atoms with van der Waals surface area (Å²) >= 11 is 5.87. The van der Waals surface area contributed by atoms with Crippen molar-refractivity contribution in [3.8, 4) is 0 Å². The van der Waals surface area contributed by atoms with E-state index in [9.17, 15) is 9.59 Å². The van der Waals surface area contributed by atoms with Crippen LogP contribution in [0.5, 0.6) is 0 Å². The van der Waals surface area contributed by atoms with Crippen LogP contribution in [0.15, 0.2) is 18.2 Å². The van der Waals surface area contributed by atoms with Gasteiger partial charge in [-0.2, -0.15) is 0 Å². The zero-order valence-corrected chi connectivity index (χ0v) is 9.68. The Kier molecular flexibility index (Phi) is 4.13. The molecule has 0 radical (unpaired) electrons. The average Bonchev–Trinajstić information content (AvgIpc) is 2.30. The fraction of sp³-hybridized carbons (Fsp3) is 0.200. The number of hydrogen-bond acceptors (Lipinski definition) is 2. The Balaban J connectivity index is 2.99. The summed E-state index contributed by atoms with van der Waals surface area (Å²) in [5.74, 6) is -0.239. The maximum absolute atomic E-state index is 11.3. The quantitative estimate of drug-likeness (QED) is 0.734. The third kappa shape index (κ3) is 2.87. The van der Waals surface area contributed by atoms with Crippen molar-refractivity contribution in [1.29, 1.82) is 0 Å². The maximum atomic E-state index is 11.3. The summed E-state index contributed by atoms with van der Waals surface area (Å²) in [4.78, 5) is 22.5. The lowest BCUT2D eigenvalue weighted by Crippen LogP contribution is -2.25. The van der Waals surface area contributed by atoms with Crippen molar-refractivity contribution in [2.24, 2.45) is 0 Å². The van der Waals surface area contributed by atoms with Gasteiger partial charge in [0.05, 0.1) is 10.7 Å². The average molecular weight is 242 g/mol. The molecule has 1 rings (SSSR count). The summed E-state index contributed by atoms with van der Waals surface area (Å²) < 4.78 is 0. The Morgan fingerprint density at radius 1 is 1.19 bits per heavy atom. The molecule has 5 nitrogen and oxygen atoms in total. The number of carbonyl (C=O) groups is 2. The van der Waals surface area contributed by atoms with E-state index in [0.29, 0.717) is 16.3 Å². The molecule has 0 fully saturated rings. The minimum atomic E-state index is -0.393. The van der Waals surface area contributed by atoms with Crippen LogP contribution in [0.4, 0.5) is 10.5 Å². The SMILES string of the molecule is CNC(=O)Nc1cc(C(=O)NC)ccc1Cl. The summed E-state index contributed by atoms with van der Waals surface area (Å²) in [6.45, 7) is 0. The van der Waals surface area contributed by atoms with E-state index < -0.39 is 6.03 Å². The number of halogens is 1. The molecule has 0 unspecified atom stereocenters. The van der Waals surface area contributed by atoms with Crippen LogP contribution in [0.2, 0.25) is 5.02 Å². The zero-order valence-electron chi connectivity index (χ0n) is 8.93. The minimum absolute atomic E-state index is 0.239. The van der Waals surface area contributed by atoms with Gasteiger partial charge in [-0.05, 0) is 18.2 Å². The van der Waals surface area contributed by atoms with E-state index >= 15 is 0 Å². The van der Waals surface area contributed by atoms with Gasteiger partial charge in [-0.3, -0.25) is 4.79 Å². The van der Waals surface area contributed by atoms with E-state index in [1.807, 2.05) is 0 Å². The number of amides is 3. The number of hydrogen-bond donors (Lipinski definition) is 3. The van der Waals surface area contributed by atoms with Crippen molar-refractivity contribution in [2.45, 2.75) is 0 Å². The number of rotatable bonds is 2. The third-order valence-corrected chi connectivity index (χ3v) is 2.26. The van der Waals surface area contributed by atoms with Gasteiger partial charge < -0.3 is 16.0 Å². The van der Waals surface area contributed by atoms with Crippen molar-refractivity contribution in [3.05, 3.63) is 28.8 Å². The largest absolute Gasteiger partial charge is 0.355 e. The molecule has 0 atom stereocenters. The first kappa shape index (κ1) is 12.3. The van der Waals surface area contributed by atoms with Crippen molar-refractivity contribution in [3.63, 3.8) is 0 Å². The molecule has 0 heterocycles. The molecule has 0 saturated carbocycles. The molecule has 0 aliphatic carbocycles. The summed E-state index contributed by atoms with van der Waals surface area (Å²) in [7, 11) is 3.02. The topological polar surface area (TPSA) is 70.2 Å². The second kappa shape index (κ2) is 5.37. The number of urea groups is 1. The molecule has 86 valence electrons. The van der Waals surface area contributed by atoms with Gasteiger partial charge in [-0.1, -0.05) is 11.6 Å². The predicted octanol–water partition coefficient (Wildman–Crippen LogP) is 1.45. The summed E-state index contributed by atoms with van der Waals surface area (Å²) in [6, 6.07) is 4.25. The van der Waals surface area contributed by atoms with Gasteiger partial charge in [0, 0.05) is 19.7 Å². The van der Waals surface area contributed by atoms with E-state index in [4.69, 9.17) is 11.6 Å². The van der Waals surface area contributed by atoms with Gasteiger partial charge in [0.25, 0.3) is 5.91 Å². The van der Waals surface area contributed by atoms with Crippen LogP contribution in [-0.4, -0.2) is 26.0 Å². The van der Waals surface area contributed by atoms with Crippen LogP contribution in [0.25, 0.3) is 0 Å². The van der Waals surface area contributed by atoms with Crippen LogP contribution >= 0.6 is 11.6 Å². The highest BCUT2D eigenvalue weighted by molar-refractivity contribution is 6.33. The lowest BCUT2D eigenvalue weighted by Gasteiger charge is -2.08. The van der Waals surface area contributed by atoms with Crippen molar-refractivity contribution in [2.75, 3.05) is 19.4 Å². The first-order valence-electron chi connectivity index (χ1n) is 4.59. The lowest BCUT2D eigenvalue weighted by molar-refractivity contribution is 0.0963. The molecule has 3 amide bonds. The van der Waals surface area contributed by atoms with Crippen molar-refractivity contribution >= 4 is 29.2 Å². The maximum Gasteiger partial charge on any atom is 0.319 e. The minimum Gasteiger partial charge on any atom is -0.355 e. The Hall–Kier alpha value is -1.75.